The molecule has 0 saturated carbocycles. The van der Waals surface area contributed by atoms with Crippen LogP contribution < -0.4 is 9.47 Å². The number of benzene rings is 3. The van der Waals surface area contributed by atoms with Crippen LogP contribution in [0.1, 0.15) is 16.7 Å². The van der Waals surface area contributed by atoms with Crippen LogP contribution in [0.3, 0.4) is 0 Å². The molecule has 0 radical (unpaired) electrons. The fourth-order valence-corrected chi connectivity index (χ4v) is 3.42. The molecule has 0 amide bonds. The van der Waals surface area contributed by atoms with Gasteiger partial charge in [-0.2, -0.15) is 0 Å². The monoisotopic (exact) mass is 567 g/mol. The molecule has 0 saturated heterocycles. The fraction of sp³-hybridized carbons (Fsp3) is 0.241. The Bertz CT molecular complexity index is 1400. The normalized spacial score (nSPS) is 9.47. The lowest BCUT2D eigenvalue weighted by Crippen LogP contribution is -2.05. The van der Waals surface area contributed by atoms with Crippen LogP contribution in [0.4, 0.5) is 11.4 Å². The van der Waals surface area contributed by atoms with Gasteiger partial charge in [0.2, 0.25) is 10.8 Å². The molecule has 11 heteroatoms. The van der Waals surface area contributed by atoms with Crippen molar-refractivity contribution in [3.05, 3.63) is 113 Å². The summed E-state index contributed by atoms with van der Waals surface area (Å²) >= 11 is 0. The summed E-state index contributed by atoms with van der Waals surface area (Å²) in [4.78, 5) is 6.01. The molecule has 0 aliphatic heterocycles. The Kier molecular flexibility index (Phi) is 17.3. The Balaban J connectivity index is 0.000000566. The summed E-state index contributed by atoms with van der Waals surface area (Å²) in [7, 11) is -1.03. The van der Waals surface area contributed by atoms with Gasteiger partial charge in [0.15, 0.2) is 9.95 Å². The molecule has 0 heterocycles. The van der Waals surface area contributed by atoms with E-state index in [9.17, 15) is 13.0 Å². The van der Waals surface area contributed by atoms with Gasteiger partial charge in [0.1, 0.15) is 28.2 Å². The van der Waals surface area contributed by atoms with E-state index in [-0.39, 0.29) is 4.90 Å². The van der Waals surface area contributed by atoms with Gasteiger partial charge in [-0.3, -0.25) is 0 Å². The zero-order chi connectivity index (χ0) is 30.6. The van der Waals surface area contributed by atoms with E-state index in [0.29, 0.717) is 31.0 Å². The first-order chi connectivity index (χ1) is 19.1. The SMILES string of the molecule is C=C.C=CCc1cc([N+]#N)ccc1OCCOC.COc1ccc([N+]#N)cc1C.Cc1ccc(S(=O)(=O)[O-])cc1. The highest BCUT2D eigenvalue weighted by molar-refractivity contribution is 7.85. The number of nitrogens with zero attached hydrogens (tertiary/aromatic N) is 4. The van der Waals surface area contributed by atoms with E-state index in [0.717, 1.165) is 28.2 Å². The van der Waals surface area contributed by atoms with Crippen molar-refractivity contribution in [2.24, 2.45) is 0 Å². The zero-order valence-electron chi connectivity index (χ0n) is 23.2. The molecule has 3 rings (SSSR count). The van der Waals surface area contributed by atoms with Crippen LogP contribution >= 0.6 is 0 Å². The van der Waals surface area contributed by atoms with Crippen LogP contribution in [0.15, 0.2) is 91.4 Å². The lowest BCUT2D eigenvalue weighted by Gasteiger charge is -2.08. The number of diazo groups is 2. The molecule has 0 atom stereocenters. The molecule has 212 valence electrons. The third-order valence-corrected chi connectivity index (χ3v) is 5.72. The Morgan fingerprint density at radius 1 is 0.875 bits per heavy atom. The van der Waals surface area contributed by atoms with Crippen molar-refractivity contribution in [2.45, 2.75) is 25.2 Å². The number of allylic oxidation sites excluding steroid dienone is 1. The van der Waals surface area contributed by atoms with Crippen molar-refractivity contribution in [3.63, 3.8) is 0 Å². The molecule has 3 aromatic rings. The van der Waals surface area contributed by atoms with Crippen molar-refractivity contribution < 1.29 is 27.2 Å². The predicted molar refractivity (Wildman–Crippen MR) is 155 cm³/mol. The standard InChI is InChI=1S/C12H15N2O2.C8H9N2O.C7H8O3S.C2H4/c1-3-4-10-9-11(14-13)5-6-12(10)16-8-7-15-2;1-6-5-7(10-9)3-4-8(6)11-2;1-6-2-4-7(5-3-6)11(8,9)10;1-2/h3,5-6,9H,1,4,7-8H2,2H3;3-5H,1-2H3;2-5H,1H3,(H,8,9,10);1-2H2/q2*+1;;/p-1. The van der Waals surface area contributed by atoms with Crippen LogP contribution in [0, 0.1) is 24.6 Å². The van der Waals surface area contributed by atoms with E-state index in [4.69, 9.17) is 25.0 Å². The Hall–Kier alpha value is -4.55. The maximum atomic E-state index is 10.4. The highest BCUT2D eigenvalue weighted by atomic mass is 32.2. The molecular formula is C29H35N4O6S+. The van der Waals surface area contributed by atoms with Crippen molar-refractivity contribution >= 4 is 21.5 Å². The molecule has 0 fully saturated rings. The van der Waals surface area contributed by atoms with Gasteiger partial charge >= 0.3 is 11.4 Å². The van der Waals surface area contributed by atoms with E-state index >= 15 is 0 Å². The molecule has 0 N–H and O–H groups in total. The molecule has 0 bridgehead atoms. The number of hydrogen-bond acceptors (Lipinski definition) is 8. The van der Waals surface area contributed by atoms with Gasteiger partial charge in [-0.15, -0.1) is 19.7 Å². The zero-order valence-corrected chi connectivity index (χ0v) is 24.1. The van der Waals surface area contributed by atoms with Gasteiger partial charge in [0.25, 0.3) is 0 Å². The fourth-order valence-electron chi connectivity index (χ4n) is 2.95. The first-order valence-corrected chi connectivity index (χ1v) is 13.2. The molecule has 3 aromatic carbocycles. The molecule has 10 nitrogen and oxygen atoms in total. The number of methoxy groups -OCH3 is 2. The molecular weight excluding hydrogens is 532 g/mol. The Labute approximate surface area is 236 Å². The molecule has 0 spiro atoms. The molecule has 0 aliphatic rings. The highest BCUT2D eigenvalue weighted by Crippen LogP contribution is 2.25. The summed E-state index contributed by atoms with van der Waals surface area (Å²) in [5, 5.41) is 17.1. The van der Waals surface area contributed by atoms with Crippen molar-refractivity contribution in [2.75, 3.05) is 27.4 Å². The highest BCUT2D eigenvalue weighted by Gasteiger charge is 2.10. The first kappa shape index (κ1) is 35.5. The van der Waals surface area contributed by atoms with Gasteiger partial charge in [-0.25, -0.2) is 8.42 Å². The molecule has 0 unspecified atom stereocenters. The van der Waals surface area contributed by atoms with E-state index in [1.54, 1.807) is 68.8 Å². The van der Waals surface area contributed by atoms with Crippen LogP contribution in [0.2, 0.25) is 0 Å². The summed E-state index contributed by atoms with van der Waals surface area (Å²) in [6, 6.07) is 16.2. The summed E-state index contributed by atoms with van der Waals surface area (Å²) in [6.07, 6.45) is 2.45. The minimum absolute atomic E-state index is 0.178. The maximum Gasteiger partial charge on any atom is 0.385 e. The van der Waals surface area contributed by atoms with Gasteiger partial charge < -0.3 is 18.8 Å². The quantitative estimate of drug-likeness (QED) is 0.121. The summed E-state index contributed by atoms with van der Waals surface area (Å²) in [6.45, 7) is 14.4. The molecule has 40 heavy (non-hydrogen) atoms. The predicted octanol–water partition coefficient (Wildman–Crippen LogP) is 7.11. The maximum absolute atomic E-state index is 10.4. The van der Waals surface area contributed by atoms with E-state index in [1.807, 2.05) is 13.8 Å². The first-order valence-electron chi connectivity index (χ1n) is 11.8. The van der Waals surface area contributed by atoms with Crippen LogP contribution in [0.5, 0.6) is 11.5 Å². The minimum atomic E-state index is -4.27. The third kappa shape index (κ3) is 13.3. The summed E-state index contributed by atoms with van der Waals surface area (Å²) in [5.74, 6) is 1.57. The number of rotatable bonds is 8. The Morgan fingerprint density at radius 2 is 1.43 bits per heavy atom. The third-order valence-electron chi connectivity index (χ3n) is 4.87. The van der Waals surface area contributed by atoms with Gasteiger partial charge in [0, 0.05) is 36.9 Å². The number of ether oxygens (including phenoxy) is 3. The number of hydrogen-bond donors (Lipinski definition) is 0. The second-order valence-electron chi connectivity index (χ2n) is 7.75. The smallest absolute Gasteiger partial charge is 0.385 e. The molecule has 0 aromatic heterocycles. The second-order valence-corrected chi connectivity index (χ2v) is 9.13. The lowest BCUT2D eigenvalue weighted by molar-refractivity contribution is 0.146. The average Bonchev–Trinajstić information content (AvgIpc) is 2.95. The van der Waals surface area contributed by atoms with Crippen LogP contribution in [-0.4, -0.2) is 40.4 Å². The minimum Gasteiger partial charge on any atom is -0.744 e. The van der Waals surface area contributed by atoms with Crippen molar-refractivity contribution in [1.82, 2.24) is 0 Å². The van der Waals surface area contributed by atoms with Crippen molar-refractivity contribution in [1.29, 1.82) is 10.8 Å². The van der Waals surface area contributed by atoms with Gasteiger partial charge in [-0.05, 0) is 50.1 Å². The van der Waals surface area contributed by atoms with E-state index in [1.165, 1.54) is 12.1 Å². The number of aryl methyl sites for hydroxylation is 2. The van der Waals surface area contributed by atoms with E-state index < -0.39 is 10.1 Å². The largest absolute Gasteiger partial charge is 0.744 e. The van der Waals surface area contributed by atoms with Gasteiger partial charge in [-0.1, -0.05) is 23.8 Å². The second kappa shape index (κ2) is 19.5. The lowest BCUT2D eigenvalue weighted by atomic mass is 10.1. The average molecular weight is 568 g/mol. The van der Waals surface area contributed by atoms with Crippen LogP contribution in [0.25, 0.3) is 9.95 Å². The van der Waals surface area contributed by atoms with Gasteiger partial charge in [0.05, 0.1) is 18.6 Å². The summed E-state index contributed by atoms with van der Waals surface area (Å²) < 4.78 is 46.6. The van der Waals surface area contributed by atoms with Crippen LogP contribution in [-0.2, 0) is 21.3 Å². The Morgan fingerprint density at radius 3 is 1.88 bits per heavy atom. The topological polar surface area (TPSA) is 141 Å². The molecule has 0 aliphatic carbocycles. The summed E-state index contributed by atoms with van der Waals surface area (Å²) in [5.41, 5.74) is 3.89. The van der Waals surface area contributed by atoms with E-state index in [2.05, 4.69) is 29.7 Å². The van der Waals surface area contributed by atoms with Crippen molar-refractivity contribution in [3.8, 4) is 11.5 Å².